The lowest BCUT2D eigenvalue weighted by molar-refractivity contribution is 0.648. The fraction of sp³-hybridized carbons (Fsp3) is 0.400. The van der Waals surface area contributed by atoms with Gasteiger partial charge in [-0.05, 0) is 12.8 Å². The first-order valence-corrected chi connectivity index (χ1v) is 14.8. The molecule has 0 N–H and O–H groups in total. The van der Waals surface area contributed by atoms with Crippen LogP contribution in [0, 0.1) is 0 Å². The summed E-state index contributed by atoms with van der Waals surface area (Å²) in [5.41, 5.74) is 1.70. The topological polar surface area (TPSA) is 149 Å². The summed E-state index contributed by atoms with van der Waals surface area (Å²) < 4.78 is 9.14. The number of unbranched alkanes of at least 4 members (excludes halogenated alkanes) is 2. The molecule has 7 rings (SSSR count). The summed E-state index contributed by atoms with van der Waals surface area (Å²) >= 11 is 0. The number of hydrogen-bond acceptors (Lipinski definition) is 8. The van der Waals surface area contributed by atoms with E-state index in [0.29, 0.717) is 46.1 Å². The SMILES string of the molecule is CCCCn1c2nnc3c(c(=O)n(C)c(=O)n3C)c2c2ccc3c4c5c(nnc4n(CCCC)c3c21)c(=O)n(C)c(=O)n5C. The minimum atomic E-state index is -0.506. The van der Waals surface area contributed by atoms with Gasteiger partial charge < -0.3 is 9.13 Å². The van der Waals surface area contributed by atoms with Crippen molar-refractivity contribution in [2.75, 3.05) is 0 Å². The van der Waals surface area contributed by atoms with Crippen molar-refractivity contribution in [2.45, 2.75) is 52.6 Å². The van der Waals surface area contributed by atoms with Crippen LogP contribution in [-0.4, -0.2) is 47.8 Å². The Labute approximate surface area is 248 Å². The third kappa shape index (κ3) is 3.41. The largest absolute Gasteiger partial charge is 0.332 e. The third-order valence-electron chi connectivity index (χ3n) is 8.90. The van der Waals surface area contributed by atoms with Gasteiger partial charge in [0.05, 0.1) is 27.3 Å². The summed E-state index contributed by atoms with van der Waals surface area (Å²) in [5.74, 6) is 0. The lowest BCUT2D eigenvalue weighted by Crippen LogP contribution is -2.37. The van der Waals surface area contributed by atoms with E-state index in [-0.39, 0.29) is 11.2 Å². The summed E-state index contributed by atoms with van der Waals surface area (Å²) in [7, 11) is 6.12. The minimum Gasteiger partial charge on any atom is -0.322 e. The van der Waals surface area contributed by atoms with E-state index in [0.717, 1.165) is 56.6 Å². The molecule has 6 aromatic heterocycles. The zero-order valence-corrected chi connectivity index (χ0v) is 25.5. The van der Waals surface area contributed by atoms with Gasteiger partial charge in [-0.2, -0.15) is 0 Å². The van der Waals surface area contributed by atoms with Gasteiger partial charge in [-0.15, -0.1) is 20.4 Å². The van der Waals surface area contributed by atoms with Crippen molar-refractivity contribution in [3.05, 3.63) is 53.8 Å². The van der Waals surface area contributed by atoms with Gasteiger partial charge in [0.15, 0.2) is 22.5 Å². The number of aryl methyl sites for hydroxylation is 4. The molecular formula is C30H32N10O4. The molecule has 14 heteroatoms. The Kier molecular flexibility index (Phi) is 6.10. The first-order valence-electron chi connectivity index (χ1n) is 14.8. The fourth-order valence-electron chi connectivity index (χ4n) is 6.57. The Bertz CT molecular complexity index is 2610. The third-order valence-corrected chi connectivity index (χ3v) is 8.90. The molecule has 0 radical (unpaired) electrons. The summed E-state index contributed by atoms with van der Waals surface area (Å²) in [6.45, 7) is 5.45. The van der Waals surface area contributed by atoms with E-state index >= 15 is 0 Å². The van der Waals surface area contributed by atoms with E-state index in [9.17, 15) is 19.2 Å². The highest BCUT2D eigenvalue weighted by Gasteiger charge is 2.26. The number of fused-ring (bicyclic) bond motifs is 11. The van der Waals surface area contributed by atoms with Crippen LogP contribution < -0.4 is 22.5 Å². The average Bonchev–Trinajstić information content (AvgIpc) is 3.53. The number of nitrogens with zero attached hydrogens (tertiary/aromatic N) is 10. The van der Waals surface area contributed by atoms with Crippen LogP contribution in [0.2, 0.25) is 0 Å². The van der Waals surface area contributed by atoms with Crippen LogP contribution in [-0.2, 0) is 41.3 Å². The first-order chi connectivity index (χ1) is 21.1. The molecule has 1 aromatic carbocycles. The van der Waals surface area contributed by atoms with Gasteiger partial charge in [0.1, 0.15) is 0 Å². The predicted octanol–water partition coefficient (Wildman–Crippen LogP) is 2.18. The first kappa shape index (κ1) is 27.7. The van der Waals surface area contributed by atoms with Gasteiger partial charge in [0, 0.05) is 57.4 Å². The number of hydrogen-bond donors (Lipinski definition) is 0. The molecule has 0 spiro atoms. The summed E-state index contributed by atoms with van der Waals surface area (Å²) in [6.07, 6.45) is 3.55. The van der Waals surface area contributed by atoms with Gasteiger partial charge in [0.2, 0.25) is 0 Å². The second kappa shape index (κ2) is 9.69. The Hall–Kier alpha value is -5.14. The molecule has 0 aliphatic carbocycles. The molecule has 0 saturated heterocycles. The Morgan fingerprint density at radius 2 is 1.05 bits per heavy atom. The smallest absolute Gasteiger partial charge is 0.322 e. The second-order valence-corrected chi connectivity index (χ2v) is 11.5. The molecule has 0 aliphatic rings. The average molecular weight is 597 g/mol. The van der Waals surface area contributed by atoms with Gasteiger partial charge in [0.25, 0.3) is 11.1 Å². The molecule has 0 bridgehead atoms. The molecule has 6 heterocycles. The lowest BCUT2D eigenvalue weighted by atomic mass is 10.1. The minimum absolute atomic E-state index is 0.115. The lowest BCUT2D eigenvalue weighted by Gasteiger charge is -2.10. The maximum atomic E-state index is 13.7. The Morgan fingerprint density at radius 3 is 1.66 bits per heavy atom. The van der Waals surface area contributed by atoms with Crippen LogP contribution in [0.5, 0.6) is 0 Å². The maximum Gasteiger partial charge on any atom is 0.332 e. The van der Waals surface area contributed by atoms with Crippen molar-refractivity contribution in [2.24, 2.45) is 28.2 Å². The van der Waals surface area contributed by atoms with E-state index in [4.69, 9.17) is 0 Å². The highest BCUT2D eigenvalue weighted by atomic mass is 16.2. The molecule has 0 fully saturated rings. The number of aromatic nitrogens is 10. The molecule has 226 valence electrons. The monoisotopic (exact) mass is 596 g/mol. The molecule has 0 saturated carbocycles. The van der Waals surface area contributed by atoms with Gasteiger partial charge in [-0.25, -0.2) is 9.59 Å². The summed E-state index contributed by atoms with van der Waals surface area (Å²) in [4.78, 5) is 52.7. The normalized spacial score (nSPS) is 12.3. The molecule has 44 heavy (non-hydrogen) atoms. The maximum absolute atomic E-state index is 13.7. The van der Waals surface area contributed by atoms with Gasteiger partial charge in [-0.1, -0.05) is 38.8 Å². The molecular weight excluding hydrogens is 564 g/mol. The van der Waals surface area contributed by atoms with Gasteiger partial charge in [-0.3, -0.25) is 27.9 Å². The van der Waals surface area contributed by atoms with E-state index < -0.39 is 22.5 Å². The van der Waals surface area contributed by atoms with Crippen molar-refractivity contribution in [1.29, 1.82) is 0 Å². The molecule has 7 aromatic rings. The van der Waals surface area contributed by atoms with E-state index in [2.05, 4.69) is 43.4 Å². The van der Waals surface area contributed by atoms with Crippen molar-refractivity contribution < 1.29 is 0 Å². The van der Waals surface area contributed by atoms with Crippen molar-refractivity contribution in [3.63, 3.8) is 0 Å². The van der Waals surface area contributed by atoms with E-state index in [1.54, 1.807) is 14.1 Å². The van der Waals surface area contributed by atoms with Crippen molar-refractivity contribution in [3.8, 4) is 0 Å². The zero-order chi connectivity index (χ0) is 31.2. The van der Waals surface area contributed by atoms with Gasteiger partial charge >= 0.3 is 11.4 Å². The van der Waals surface area contributed by atoms with Crippen LogP contribution in [0.15, 0.2) is 31.3 Å². The van der Waals surface area contributed by atoms with Crippen molar-refractivity contribution >= 4 is 65.9 Å². The molecule has 0 aliphatic heterocycles. The zero-order valence-electron chi connectivity index (χ0n) is 25.5. The molecule has 0 amide bonds. The van der Waals surface area contributed by atoms with Crippen LogP contribution in [0.25, 0.3) is 65.9 Å². The molecule has 0 atom stereocenters. The predicted molar refractivity (Wildman–Crippen MR) is 169 cm³/mol. The summed E-state index contributed by atoms with van der Waals surface area (Å²) in [5, 5.41) is 21.1. The standard InChI is InChI=1S/C30H32N10O4/c1-7-9-13-39-21-15(17-19-24(32-34-25(17)39)36(4)30(44)37(5)27(19)41)11-12-16-18-23-20(28(42)38(6)29(43)35(23)3)31-33-26(18)40(22(16)21)14-10-8-2/h11-12H,7-10,13-14H2,1-6H3. The van der Waals surface area contributed by atoms with Crippen LogP contribution in [0.3, 0.4) is 0 Å². The fourth-order valence-corrected chi connectivity index (χ4v) is 6.57. The second-order valence-electron chi connectivity index (χ2n) is 11.5. The van der Waals surface area contributed by atoms with Crippen LogP contribution in [0.1, 0.15) is 39.5 Å². The Balaban J connectivity index is 1.80. The van der Waals surface area contributed by atoms with Crippen LogP contribution in [0.4, 0.5) is 0 Å². The quantitative estimate of drug-likeness (QED) is 0.284. The van der Waals surface area contributed by atoms with E-state index in [1.165, 1.54) is 23.2 Å². The highest BCUT2D eigenvalue weighted by Crippen LogP contribution is 2.40. The number of benzene rings is 1. The molecule has 14 nitrogen and oxygen atoms in total. The Morgan fingerprint density at radius 1 is 0.545 bits per heavy atom. The van der Waals surface area contributed by atoms with Crippen LogP contribution >= 0.6 is 0 Å². The summed E-state index contributed by atoms with van der Waals surface area (Å²) in [6, 6.07) is 3.90. The highest BCUT2D eigenvalue weighted by molar-refractivity contribution is 6.28. The number of rotatable bonds is 6. The van der Waals surface area contributed by atoms with Crippen molar-refractivity contribution in [1.82, 2.24) is 47.8 Å². The molecule has 0 unspecified atom stereocenters. The van der Waals surface area contributed by atoms with E-state index in [1.807, 2.05) is 12.1 Å².